The second kappa shape index (κ2) is 12.9. The van der Waals surface area contributed by atoms with Crippen molar-refractivity contribution in [2.24, 2.45) is 5.92 Å². The van der Waals surface area contributed by atoms with Crippen molar-refractivity contribution in [3.8, 4) is 0 Å². The van der Waals surface area contributed by atoms with Gasteiger partial charge in [-0.2, -0.15) is 0 Å². The van der Waals surface area contributed by atoms with Crippen LogP contribution >= 0.6 is 0 Å². The molecule has 0 unspecified atom stereocenters. The third-order valence-electron chi connectivity index (χ3n) is 9.24. The first kappa shape index (κ1) is 28.2. The highest BCUT2D eigenvalue weighted by atomic mass is 16.5. The Morgan fingerprint density at radius 1 is 1.05 bits per heavy atom. The summed E-state index contributed by atoms with van der Waals surface area (Å²) in [5.41, 5.74) is 1.81. The number of methoxy groups -OCH3 is 2. The summed E-state index contributed by atoms with van der Waals surface area (Å²) in [5, 5.41) is 3.09. The minimum Gasteiger partial charge on any atom is -0.383 e. The molecule has 0 radical (unpaired) electrons. The van der Waals surface area contributed by atoms with E-state index in [9.17, 15) is 14.4 Å². The molecule has 214 valence electrons. The minimum absolute atomic E-state index is 0.00203. The van der Waals surface area contributed by atoms with E-state index < -0.39 is 18.2 Å². The monoisotopic (exact) mass is 541 g/mol. The first-order valence-electron chi connectivity index (χ1n) is 14.6. The smallest absolute Gasteiger partial charge is 0.251 e. The van der Waals surface area contributed by atoms with E-state index in [1.165, 1.54) is 5.56 Å². The fraction of sp³-hybridized carbons (Fsp3) is 0.700. The molecule has 5 rings (SSSR count). The number of piperidine rings is 1. The number of nitrogens with zero attached hydrogens (tertiary/aromatic N) is 2. The average Bonchev–Trinajstić information content (AvgIpc) is 3.55. The predicted molar refractivity (Wildman–Crippen MR) is 146 cm³/mol. The summed E-state index contributed by atoms with van der Waals surface area (Å²) in [4.78, 5) is 44.1. The van der Waals surface area contributed by atoms with Crippen molar-refractivity contribution in [1.82, 2.24) is 15.1 Å². The van der Waals surface area contributed by atoms with E-state index in [0.29, 0.717) is 18.0 Å². The lowest BCUT2D eigenvalue weighted by Gasteiger charge is -2.34. The molecule has 2 amide bonds. The highest BCUT2D eigenvalue weighted by Gasteiger charge is 2.54. The standard InChI is InChI=1S/C30H43N3O6/c1-37-17-16-32-14-12-21(13-15-32)20-8-10-23(11-9-20)29(35)31-26(22-6-4-3-5-7-22)30(36)33-18-25(38-2)28-27(33)24(34)19-39-28/h8-11,21-22,25-28H,3-7,12-19H2,1-2H3,(H,31,35)/t25-,26-,27+,28+/m0/s1. The van der Waals surface area contributed by atoms with Gasteiger partial charge in [0.15, 0.2) is 5.78 Å². The van der Waals surface area contributed by atoms with E-state index in [-0.39, 0.29) is 36.2 Å². The molecule has 4 atom stereocenters. The molecule has 1 aliphatic carbocycles. The van der Waals surface area contributed by atoms with E-state index >= 15 is 0 Å². The first-order valence-corrected chi connectivity index (χ1v) is 14.6. The number of hydrogen-bond acceptors (Lipinski definition) is 7. The van der Waals surface area contributed by atoms with Crippen LogP contribution in [0.15, 0.2) is 24.3 Å². The lowest BCUT2D eigenvalue weighted by Crippen LogP contribution is -2.55. The fourth-order valence-corrected chi connectivity index (χ4v) is 6.92. The molecular weight excluding hydrogens is 498 g/mol. The van der Waals surface area contributed by atoms with Gasteiger partial charge in [-0.05, 0) is 68.3 Å². The van der Waals surface area contributed by atoms with Gasteiger partial charge in [-0.25, -0.2) is 0 Å². The Morgan fingerprint density at radius 3 is 2.44 bits per heavy atom. The Labute approximate surface area is 231 Å². The first-order chi connectivity index (χ1) is 19.0. The van der Waals surface area contributed by atoms with Crippen molar-refractivity contribution in [1.29, 1.82) is 0 Å². The van der Waals surface area contributed by atoms with Gasteiger partial charge in [-0.3, -0.25) is 14.4 Å². The second-order valence-corrected chi connectivity index (χ2v) is 11.5. The van der Waals surface area contributed by atoms with Gasteiger partial charge < -0.3 is 29.3 Å². The molecule has 4 aliphatic rings. The van der Waals surface area contributed by atoms with Crippen molar-refractivity contribution in [3.05, 3.63) is 35.4 Å². The van der Waals surface area contributed by atoms with Crippen LogP contribution in [0.25, 0.3) is 0 Å². The number of ether oxygens (including phenoxy) is 3. The highest BCUT2D eigenvalue weighted by molar-refractivity contribution is 5.99. The van der Waals surface area contributed by atoms with Crippen molar-refractivity contribution in [3.63, 3.8) is 0 Å². The van der Waals surface area contributed by atoms with Crippen molar-refractivity contribution < 1.29 is 28.6 Å². The van der Waals surface area contributed by atoms with Gasteiger partial charge in [0.2, 0.25) is 5.91 Å². The lowest BCUT2D eigenvalue weighted by atomic mass is 9.83. The number of carbonyl (C=O) groups excluding carboxylic acids is 3. The molecule has 1 saturated carbocycles. The van der Waals surface area contributed by atoms with Crippen LogP contribution in [-0.2, 0) is 23.8 Å². The largest absolute Gasteiger partial charge is 0.383 e. The fourth-order valence-electron chi connectivity index (χ4n) is 6.92. The summed E-state index contributed by atoms with van der Waals surface area (Å²) in [6.07, 6.45) is 6.41. The Hall–Kier alpha value is -2.33. The summed E-state index contributed by atoms with van der Waals surface area (Å²) < 4.78 is 16.4. The number of benzene rings is 1. The van der Waals surface area contributed by atoms with Crippen LogP contribution in [0.3, 0.4) is 0 Å². The molecule has 1 aromatic carbocycles. The number of carbonyl (C=O) groups is 3. The summed E-state index contributed by atoms with van der Waals surface area (Å²) in [5.74, 6) is 0.00542. The molecule has 3 aliphatic heterocycles. The molecule has 0 spiro atoms. The number of Topliss-reactive ketones (excluding diaryl/α,β-unsaturated/α-hetero) is 1. The van der Waals surface area contributed by atoms with Gasteiger partial charge in [0.1, 0.15) is 30.9 Å². The number of fused-ring (bicyclic) bond motifs is 1. The SMILES string of the molecule is COCCN1CCC(c2ccc(C(=O)N[C@H](C(=O)N3C[C@H](OC)[C@H]4OCC(=O)[C@H]43)C3CCCCC3)cc2)CC1. The second-order valence-electron chi connectivity index (χ2n) is 11.5. The molecule has 3 heterocycles. The van der Waals surface area contributed by atoms with Crippen molar-refractivity contribution in [2.45, 2.75) is 75.2 Å². The maximum Gasteiger partial charge on any atom is 0.251 e. The zero-order valence-corrected chi connectivity index (χ0v) is 23.3. The van der Waals surface area contributed by atoms with Crippen molar-refractivity contribution >= 4 is 17.6 Å². The molecular formula is C30H43N3O6. The zero-order valence-electron chi connectivity index (χ0n) is 23.3. The Kier molecular flexibility index (Phi) is 9.32. The van der Waals surface area contributed by atoms with Crippen LogP contribution < -0.4 is 5.32 Å². The van der Waals surface area contributed by atoms with Crippen LogP contribution in [0.5, 0.6) is 0 Å². The van der Waals surface area contributed by atoms with E-state index in [1.807, 2.05) is 12.1 Å². The third kappa shape index (κ3) is 6.21. The molecule has 3 saturated heterocycles. The number of nitrogens with one attached hydrogen (secondary N) is 1. The van der Waals surface area contributed by atoms with Crippen molar-refractivity contribution in [2.75, 3.05) is 53.6 Å². The summed E-state index contributed by atoms with van der Waals surface area (Å²) >= 11 is 0. The van der Waals surface area contributed by atoms with E-state index in [4.69, 9.17) is 14.2 Å². The normalized spacial score (nSPS) is 27.5. The predicted octanol–water partition coefficient (Wildman–Crippen LogP) is 2.38. The van der Waals surface area contributed by atoms with Gasteiger partial charge in [0.25, 0.3) is 5.91 Å². The lowest BCUT2D eigenvalue weighted by molar-refractivity contribution is -0.139. The van der Waals surface area contributed by atoms with Crippen LogP contribution in [0.4, 0.5) is 0 Å². The topological polar surface area (TPSA) is 97.4 Å². The Bertz CT molecular complexity index is 1000. The molecule has 39 heavy (non-hydrogen) atoms. The number of amides is 2. The highest BCUT2D eigenvalue weighted by Crippen LogP contribution is 2.33. The molecule has 0 aromatic heterocycles. The minimum atomic E-state index is -0.668. The van der Waals surface area contributed by atoms with Gasteiger partial charge in [-0.15, -0.1) is 0 Å². The summed E-state index contributed by atoms with van der Waals surface area (Å²) in [6, 6.07) is 6.58. The van der Waals surface area contributed by atoms with Crippen LogP contribution in [0.1, 0.15) is 66.8 Å². The summed E-state index contributed by atoms with van der Waals surface area (Å²) in [6.45, 7) is 4.13. The van der Waals surface area contributed by atoms with E-state index in [1.54, 1.807) is 19.1 Å². The quantitative estimate of drug-likeness (QED) is 0.513. The van der Waals surface area contributed by atoms with Gasteiger partial charge in [0, 0.05) is 26.3 Å². The molecule has 0 bridgehead atoms. The molecule has 9 nitrogen and oxygen atoms in total. The number of likely N-dealkylation sites (tertiary alicyclic amines) is 2. The zero-order chi connectivity index (χ0) is 27.4. The van der Waals surface area contributed by atoms with E-state index in [0.717, 1.165) is 71.2 Å². The maximum atomic E-state index is 14.0. The Morgan fingerprint density at radius 2 is 1.77 bits per heavy atom. The average molecular weight is 542 g/mol. The van der Waals surface area contributed by atoms with Gasteiger partial charge in [-0.1, -0.05) is 31.4 Å². The third-order valence-corrected chi connectivity index (χ3v) is 9.24. The molecule has 1 N–H and O–H groups in total. The number of hydrogen-bond donors (Lipinski definition) is 1. The maximum absolute atomic E-state index is 14.0. The van der Waals surface area contributed by atoms with Gasteiger partial charge in [0.05, 0.1) is 13.2 Å². The van der Waals surface area contributed by atoms with Gasteiger partial charge >= 0.3 is 0 Å². The van der Waals surface area contributed by atoms with Crippen LogP contribution in [-0.4, -0.2) is 105 Å². The Balaban J connectivity index is 1.26. The van der Waals surface area contributed by atoms with Crippen LogP contribution in [0.2, 0.25) is 0 Å². The molecule has 9 heteroatoms. The molecule has 1 aromatic rings. The number of ketones is 1. The molecule has 4 fully saturated rings. The number of rotatable bonds is 9. The van der Waals surface area contributed by atoms with Crippen LogP contribution in [0, 0.1) is 5.92 Å². The summed E-state index contributed by atoms with van der Waals surface area (Å²) in [7, 11) is 3.32. The van der Waals surface area contributed by atoms with E-state index in [2.05, 4.69) is 22.3 Å².